The van der Waals surface area contributed by atoms with Crippen molar-refractivity contribution >= 4 is 0 Å². The van der Waals surface area contributed by atoms with E-state index in [2.05, 4.69) is 64.1 Å². The number of hydrazine groups is 2. The van der Waals surface area contributed by atoms with Crippen molar-refractivity contribution < 1.29 is 0 Å². The van der Waals surface area contributed by atoms with Gasteiger partial charge in [0.15, 0.2) is 0 Å². The lowest BCUT2D eigenvalue weighted by Gasteiger charge is -2.41. The molecule has 4 N–H and O–H groups in total. The van der Waals surface area contributed by atoms with E-state index in [1.165, 1.54) is 27.4 Å². The molecule has 2 aromatic rings. The summed E-state index contributed by atoms with van der Waals surface area (Å²) in [5, 5.41) is 1.40. The molecule has 2 rings (SSSR count). The van der Waals surface area contributed by atoms with E-state index in [0.717, 1.165) is 31.2 Å². The lowest BCUT2D eigenvalue weighted by Crippen LogP contribution is -2.55. The molecule has 0 bridgehead atoms. The molecule has 0 amide bonds. The van der Waals surface area contributed by atoms with E-state index in [0.29, 0.717) is 0 Å². The van der Waals surface area contributed by atoms with E-state index in [4.69, 9.17) is 11.7 Å². The summed E-state index contributed by atoms with van der Waals surface area (Å²) in [4.78, 5) is 0. The highest BCUT2D eigenvalue weighted by Gasteiger charge is 2.38. The molecule has 1 unspecified atom stereocenters. The van der Waals surface area contributed by atoms with Crippen LogP contribution in [0.25, 0.3) is 0 Å². The van der Waals surface area contributed by atoms with Gasteiger partial charge in [0, 0.05) is 0 Å². The molecule has 0 heterocycles. The molecule has 1 atom stereocenters. The summed E-state index contributed by atoms with van der Waals surface area (Å²) in [6.45, 7) is 8.82. The molecular formula is C21H31N3. The number of hydrogen-bond acceptors (Lipinski definition) is 3. The van der Waals surface area contributed by atoms with Gasteiger partial charge < -0.3 is 0 Å². The average molecular weight is 326 g/mol. The summed E-state index contributed by atoms with van der Waals surface area (Å²) < 4.78 is 0. The molecule has 3 nitrogen and oxygen atoms in total. The summed E-state index contributed by atoms with van der Waals surface area (Å²) in [6, 6.07) is 14.9. The Bertz CT molecular complexity index is 664. The summed E-state index contributed by atoms with van der Waals surface area (Å²) >= 11 is 0. The first kappa shape index (κ1) is 18.7. The van der Waals surface area contributed by atoms with Gasteiger partial charge in [-0.1, -0.05) is 70.2 Å². The van der Waals surface area contributed by atoms with Gasteiger partial charge in [0.25, 0.3) is 0 Å². The van der Waals surface area contributed by atoms with Crippen LogP contribution in [0.15, 0.2) is 42.5 Å². The molecule has 0 aliphatic carbocycles. The van der Waals surface area contributed by atoms with E-state index in [-0.39, 0.29) is 0 Å². The molecule has 0 radical (unpaired) electrons. The maximum atomic E-state index is 6.24. The third-order valence-corrected chi connectivity index (χ3v) is 5.27. The average Bonchev–Trinajstić information content (AvgIpc) is 2.62. The molecule has 0 spiro atoms. The Morgan fingerprint density at radius 2 is 1.42 bits per heavy atom. The zero-order valence-corrected chi connectivity index (χ0v) is 15.5. The number of nitrogens with two attached hydrogens (primary N) is 2. The zero-order valence-electron chi connectivity index (χ0n) is 15.5. The van der Waals surface area contributed by atoms with Crippen molar-refractivity contribution in [1.29, 1.82) is 0 Å². The second-order valence-corrected chi connectivity index (χ2v) is 6.28. The van der Waals surface area contributed by atoms with Gasteiger partial charge in [0.05, 0.1) is 0 Å². The van der Waals surface area contributed by atoms with Crippen LogP contribution >= 0.6 is 0 Å². The van der Waals surface area contributed by atoms with Crippen LogP contribution in [0, 0.1) is 0 Å². The summed E-state index contributed by atoms with van der Waals surface area (Å²) in [7, 11) is 0. The summed E-state index contributed by atoms with van der Waals surface area (Å²) in [5.74, 6) is 12.5. The molecule has 2 aromatic carbocycles. The zero-order chi connectivity index (χ0) is 17.7. The Morgan fingerprint density at radius 1 is 0.792 bits per heavy atom. The third-order valence-electron chi connectivity index (χ3n) is 5.27. The van der Waals surface area contributed by atoms with Crippen LogP contribution in [0.3, 0.4) is 0 Å². The van der Waals surface area contributed by atoms with Crippen LogP contribution < -0.4 is 11.7 Å². The first-order chi connectivity index (χ1) is 11.6. The molecule has 0 aliphatic heterocycles. The van der Waals surface area contributed by atoms with Gasteiger partial charge in [0.2, 0.25) is 0 Å². The number of aryl methyl sites for hydroxylation is 1. The van der Waals surface area contributed by atoms with Crippen molar-refractivity contribution in [3.8, 4) is 0 Å². The van der Waals surface area contributed by atoms with Crippen molar-refractivity contribution in [2.45, 2.75) is 58.9 Å². The van der Waals surface area contributed by atoms with Crippen molar-refractivity contribution in [1.82, 2.24) is 5.12 Å². The van der Waals surface area contributed by atoms with Crippen LogP contribution in [0.4, 0.5) is 0 Å². The van der Waals surface area contributed by atoms with Gasteiger partial charge in [-0.3, -0.25) is 11.7 Å². The minimum atomic E-state index is -0.511. The first-order valence-corrected chi connectivity index (χ1v) is 9.05. The Labute approximate surface area is 146 Å². The van der Waals surface area contributed by atoms with E-state index < -0.39 is 5.54 Å². The Kier molecular flexibility index (Phi) is 6.16. The smallest absolute Gasteiger partial charge is 0.100 e. The molecule has 0 fully saturated rings. The number of hydrogen-bond donors (Lipinski definition) is 2. The van der Waals surface area contributed by atoms with E-state index in [1.807, 2.05) is 6.07 Å². The van der Waals surface area contributed by atoms with Crippen molar-refractivity contribution in [3.05, 3.63) is 70.3 Å². The monoisotopic (exact) mass is 325 g/mol. The van der Waals surface area contributed by atoms with Gasteiger partial charge in [-0.05, 0) is 53.5 Å². The molecule has 24 heavy (non-hydrogen) atoms. The second kappa shape index (κ2) is 7.93. The standard InChI is InChI=1S/C21H31N3/c1-5-16-14-15-20(19(7-3)18(16)6-2)21(8-4,24(22)23)17-12-10-9-11-13-17/h9-15H,5-8,22-23H2,1-4H3. The minimum Gasteiger partial charge on any atom is -0.254 e. The number of rotatable bonds is 7. The van der Waals surface area contributed by atoms with Crippen LogP contribution in [0.2, 0.25) is 0 Å². The number of nitrogens with zero attached hydrogens (tertiary/aromatic N) is 1. The molecular weight excluding hydrogens is 294 g/mol. The van der Waals surface area contributed by atoms with Crippen molar-refractivity contribution in [2.24, 2.45) is 11.7 Å². The van der Waals surface area contributed by atoms with Gasteiger partial charge in [0.1, 0.15) is 5.54 Å². The highest BCUT2D eigenvalue weighted by molar-refractivity contribution is 5.49. The Morgan fingerprint density at radius 3 is 1.88 bits per heavy atom. The SMILES string of the molecule is CCc1ccc(C(CC)(c2ccccc2)N(N)N)c(CC)c1CC. The fourth-order valence-electron chi connectivity index (χ4n) is 4.04. The third kappa shape index (κ3) is 3.00. The van der Waals surface area contributed by atoms with Crippen LogP contribution in [0.5, 0.6) is 0 Å². The first-order valence-electron chi connectivity index (χ1n) is 9.05. The lowest BCUT2D eigenvalue weighted by molar-refractivity contribution is 0.119. The van der Waals surface area contributed by atoms with Gasteiger partial charge in [-0.25, -0.2) is 0 Å². The Balaban J connectivity index is 2.81. The van der Waals surface area contributed by atoms with Gasteiger partial charge in [-0.2, -0.15) is 5.12 Å². The fourth-order valence-corrected chi connectivity index (χ4v) is 4.04. The molecule has 0 aromatic heterocycles. The summed E-state index contributed by atoms with van der Waals surface area (Å²) in [6.07, 6.45) is 3.88. The van der Waals surface area contributed by atoms with Crippen LogP contribution in [-0.4, -0.2) is 5.12 Å². The largest absolute Gasteiger partial charge is 0.254 e. The van der Waals surface area contributed by atoms with E-state index in [9.17, 15) is 0 Å². The predicted octanol–water partition coefficient (Wildman–Crippen LogP) is 4.08. The molecule has 0 saturated carbocycles. The molecule has 3 heteroatoms. The quantitative estimate of drug-likeness (QED) is 0.596. The molecule has 130 valence electrons. The van der Waals surface area contributed by atoms with E-state index >= 15 is 0 Å². The lowest BCUT2D eigenvalue weighted by atomic mass is 9.75. The summed E-state index contributed by atoms with van der Waals surface area (Å²) in [5.41, 5.74) is 6.13. The maximum Gasteiger partial charge on any atom is 0.100 e. The van der Waals surface area contributed by atoms with Crippen molar-refractivity contribution in [3.63, 3.8) is 0 Å². The second-order valence-electron chi connectivity index (χ2n) is 6.28. The fraction of sp³-hybridized carbons (Fsp3) is 0.429. The topological polar surface area (TPSA) is 55.3 Å². The van der Waals surface area contributed by atoms with Crippen LogP contribution in [0.1, 0.15) is 61.9 Å². The van der Waals surface area contributed by atoms with E-state index in [1.54, 1.807) is 0 Å². The highest BCUT2D eigenvalue weighted by Crippen LogP contribution is 2.40. The van der Waals surface area contributed by atoms with Gasteiger partial charge >= 0.3 is 0 Å². The maximum absolute atomic E-state index is 6.24. The Hall–Kier alpha value is -1.68. The number of benzene rings is 2. The van der Waals surface area contributed by atoms with Crippen molar-refractivity contribution in [2.75, 3.05) is 0 Å². The molecule has 0 aliphatic rings. The highest BCUT2D eigenvalue weighted by atomic mass is 15.6. The minimum absolute atomic E-state index is 0.511. The normalized spacial score (nSPS) is 14.0. The van der Waals surface area contributed by atoms with Crippen LogP contribution in [-0.2, 0) is 24.8 Å². The molecule has 0 saturated heterocycles. The van der Waals surface area contributed by atoms with Gasteiger partial charge in [-0.15, -0.1) is 0 Å². The predicted molar refractivity (Wildman–Crippen MR) is 102 cm³/mol.